The first-order valence-electron chi connectivity index (χ1n) is 10.2. The number of rotatable bonds is 7. The lowest BCUT2D eigenvalue weighted by molar-refractivity contribution is -0.114. The second-order valence-corrected chi connectivity index (χ2v) is 8.14. The Balaban J connectivity index is 1.71. The Morgan fingerprint density at radius 2 is 2.00 bits per heavy atom. The van der Waals surface area contributed by atoms with Gasteiger partial charge in [-0.1, -0.05) is 23.7 Å². The molecule has 0 saturated carbocycles. The Morgan fingerprint density at radius 3 is 2.66 bits per heavy atom. The highest BCUT2D eigenvalue weighted by atomic mass is 35.5. The lowest BCUT2D eigenvalue weighted by Crippen LogP contribution is -2.55. The lowest BCUT2D eigenvalue weighted by Gasteiger charge is -2.45. The Bertz CT molecular complexity index is 1010. The molecule has 0 bridgehead atoms. The third-order valence-corrected chi connectivity index (χ3v) is 5.68. The van der Waals surface area contributed by atoms with Crippen LogP contribution in [-0.4, -0.2) is 53.6 Å². The summed E-state index contributed by atoms with van der Waals surface area (Å²) in [6.45, 7) is 5.06. The molecule has 1 aliphatic rings. The van der Waals surface area contributed by atoms with E-state index in [2.05, 4.69) is 11.3 Å². The molecule has 7 nitrogen and oxygen atoms in total. The molecule has 2 aromatic rings. The molecule has 0 spiro atoms. The summed E-state index contributed by atoms with van der Waals surface area (Å²) >= 11 is 6.04. The zero-order valence-electron chi connectivity index (χ0n) is 18.0. The molecule has 0 unspecified atom stereocenters. The minimum Gasteiger partial charge on any atom is -0.476 e. The van der Waals surface area contributed by atoms with Crippen LogP contribution in [0.4, 0.5) is 10.1 Å². The lowest BCUT2D eigenvalue weighted by atomic mass is 10.0. The van der Waals surface area contributed by atoms with Crippen molar-refractivity contribution in [2.45, 2.75) is 32.5 Å². The van der Waals surface area contributed by atoms with Crippen molar-refractivity contribution < 1.29 is 18.7 Å². The maximum absolute atomic E-state index is 13.2. The number of benzene rings is 2. The number of hydrogen-bond acceptors (Lipinski definition) is 6. The van der Waals surface area contributed by atoms with Crippen LogP contribution in [0.2, 0.25) is 5.02 Å². The molecule has 170 valence electrons. The van der Waals surface area contributed by atoms with Gasteiger partial charge in [0.25, 0.3) is 0 Å². The number of anilines is 1. The molecule has 1 amide bonds. The van der Waals surface area contributed by atoms with Gasteiger partial charge in [0, 0.05) is 24.2 Å². The van der Waals surface area contributed by atoms with E-state index in [1.54, 1.807) is 30.3 Å². The molecule has 3 N–H and O–H groups in total. The third-order valence-electron chi connectivity index (χ3n) is 5.44. The van der Waals surface area contributed by atoms with E-state index >= 15 is 0 Å². The molecule has 9 heteroatoms. The first kappa shape index (κ1) is 23.8. The van der Waals surface area contributed by atoms with Gasteiger partial charge in [-0.15, -0.1) is 0 Å². The Kier molecular flexibility index (Phi) is 7.88. The summed E-state index contributed by atoms with van der Waals surface area (Å²) in [6.07, 6.45) is 0. The van der Waals surface area contributed by atoms with Crippen LogP contribution in [0.15, 0.2) is 48.2 Å². The Labute approximate surface area is 191 Å². The van der Waals surface area contributed by atoms with E-state index in [1.807, 2.05) is 23.6 Å². The highest BCUT2D eigenvalue weighted by Crippen LogP contribution is 2.30. The van der Waals surface area contributed by atoms with Gasteiger partial charge in [0.05, 0.1) is 18.3 Å². The summed E-state index contributed by atoms with van der Waals surface area (Å²) in [5, 5.41) is 3.12. The molecule has 1 heterocycles. The first-order valence-corrected chi connectivity index (χ1v) is 10.6. The van der Waals surface area contributed by atoms with E-state index in [1.165, 1.54) is 12.1 Å². The van der Waals surface area contributed by atoms with Crippen molar-refractivity contribution in [3.63, 3.8) is 0 Å². The summed E-state index contributed by atoms with van der Waals surface area (Å²) in [7, 11) is 0. The number of carbonyl (C=O) groups excluding carboxylic acids is 2. The standard InChI is InChI=1S/C23H26ClFN4O3/c1-15-11-28(14-32-22-8-5-18(24)9-20(22)27-23(31)10-26)16(2)21(13-30)29(15)12-17-3-6-19(25)7-4-17/h3-9,15-16H,10-12,14,26H2,1-2H3,(H,27,31)/t15-,16+/m1/s1. The molecule has 0 aliphatic carbocycles. The molecule has 1 fully saturated rings. The van der Waals surface area contributed by atoms with Gasteiger partial charge in [-0.25, -0.2) is 9.18 Å². The fourth-order valence-electron chi connectivity index (χ4n) is 3.66. The van der Waals surface area contributed by atoms with Gasteiger partial charge >= 0.3 is 0 Å². The molecule has 0 radical (unpaired) electrons. The van der Waals surface area contributed by atoms with Crippen molar-refractivity contribution >= 4 is 29.1 Å². The fraction of sp³-hybridized carbons (Fsp3) is 0.348. The van der Waals surface area contributed by atoms with Gasteiger partial charge in [-0.05, 0) is 49.7 Å². The van der Waals surface area contributed by atoms with Gasteiger partial charge in [0.15, 0.2) is 0 Å². The summed E-state index contributed by atoms with van der Waals surface area (Å²) in [5.41, 5.74) is 7.22. The van der Waals surface area contributed by atoms with E-state index in [-0.39, 0.29) is 37.1 Å². The number of carbonyl (C=O) groups is 1. The van der Waals surface area contributed by atoms with Gasteiger partial charge < -0.3 is 20.7 Å². The largest absolute Gasteiger partial charge is 0.476 e. The van der Waals surface area contributed by atoms with Crippen molar-refractivity contribution in [3.05, 3.63) is 64.6 Å². The average molecular weight is 461 g/mol. The maximum atomic E-state index is 13.2. The monoisotopic (exact) mass is 460 g/mol. The minimum absolute atomic E-state index is 0.00191. The van der Waals surface area contributed by atoms with Crippen molar-refractivity contribution in [2.75, 3.05) is 25.1 Å². The van der Waals surface area contributed by atoms with Gasteiger partial charge in [-0.2, -0.15) is 0 Å². The summed E-state index contributed by atoms with van der Waals surface area (Å²) in [4.78, 5) is 27.5. The molecule has 0 aromatic heterocycles. The summed E-state index contributed by atoms with van der Waals surface area (Å²) in [5.74, 6) is 1.87. The maximum Gasteiger partial charge on any atom is 0.238 e. The third kappa shape index (κ3) is 5.66. The van der Waals surface area contributed by atoms with E-state index in [0.29, 0.717) is 35.2 Å². The molecule has 1 saturated heterocycles. The average Bonchev–Trinajstić information content (AvgIpc) is 2.77. The summed E-state index contributed by atoms with van der Waals surface area (Å²) in [6, 6.07) is 10.9. The van der Waals surface area contributed by atoms with Crippen molar-refractivity contribution in [1.82, 2.24) is 9.80 Å². The van der Waals surface area contributed by atoms with Gasteiger partial charge in [0.1, 0.15) is 29.9 Å². The van der Waals surface area contributed by atoms with Crippen LogP contribution < -0.4 is 15.8 Å². The van der Waals surface area contributed by atoms with E-state index in [0.717, 1.165) is 5.56 Å². The van der Waals surface area contributed by atoms with Crippen LogP contribution in [0.1, 0.15) is 19.4 Å². The Hall–Kier alpha value is -2.90. The number of halogens is 2. The molecule has 2 atom stereocenters. The number of nitrogens with zero attached hydrogens (tertiary/aromatic N) is 2. The number of nitrogens with two attached hydrogens (primary N) is 1. The second-order valence-electron chi connectivity index (χ2n) is 7.70. The quantitative estimate of drug-likeness (QED) is 0.617. The van der Waals surface area contributed by atoms with Crippen LogP contribution in [0.5, 0.6) is 5.75 Å². The van der Waals surface area contributed by atoms with Crippen LogP contribution in [-0.2, 0) is 16.1 Å². The van der Waals surface area contributed by atoms with Gasteiger partial charge in [-0.3, -0.25) is 9.69 Å². The SMILES string of the molecule is C[C@@H]1CN(COc2ccc(Cl)cc2NC(=O)CN)[C@@H](C)C(=C=O)N1Cc1ccc(F)cc1. The first-order chi connectivity index (χ1) is 15.3. The molecule has 3 rings (SSSR count). The van der Waals surface area contributed by atoms with E-state index in [4.69, 9.17) is 22.1 Å². The number of piperazine rings is 1. The fourth-order valence-corrected chi connectivity index (χ4v) is 3.83. The van der Waals surface area contributed by atoms with E-state index in [9.17, 15) is 14.0 Å². The van der Waals surface area contributed by atoms with E-state index < -0.39 is 0 Å². The predicted octanol–water partition coefficient (Wildman–Crippen LogP) is 3.02. The minimum atomic E-state index is -0.361. The van der Waals surface area contributed by atoms with Crippen molar-refractivity contribution in [2.24, 2.45) is 5.73 Å². The van der Waals surface area contributed by atoms with Crippen LogP contribution in [0.25, 0.3) is 0 Å². The van der Waals surface area contributed by atoms with Gasteiger partial charge in [0.2, 0.25) is 5.91 Å². The zero-order chi connectivity index (χ0) is 23.3. The molecule has 2 aromatic carbocycles. The zero-order valence-corrected chi connectivity index (χ0v) is 18.7. The van der Waals surface area contributed by atoms with Crippen LogP contribution in [0, 0.1) is 5.82 Å². The van der Waals surface area contributed by atoms with Crippen LogP contribution in [0.3, 0.4) is 0 Å². The highest BCUT2D eigenvalue weighted by Gasteiger charge is 2.34. The van der Waals surface area contributed by atoms with Crippen molar-refractivity contribution in [3.8, 4) is 5.75 Å². The topological polar surface area (TPSA) is 87.9 Å². The second kappa shape index (κ2) is 10.6. The Morgan fingerprint density at radius 1 is 1.28 bits per heavy atom. The normalized spacial score (nSPS) is 18.9. The highest BCUT2D eigenvalue weighted by molar-refractivity contribution is 6.31. The molecular weight excluding hydrogens is 435 g/mol. The summed E-state index contributed by atoms with van der Waals surface area (Å²) < 4.78 is 19.2. The smallest absolute Gasteiger partial charge is 0.238 e. The number of amides is 1. The number of nitrogens with one attached hydrogen (secondary N) is 1. The van der Waals surface area contributed by atoms with Crippen LogP contribution >= 0.6 is 11.6 Å². The molecule has 1 aliphatic heterocycles. The predicted molar refractivity (Wildman–Crippen MR) is 121 cm³/mol. The van der Waals surface area contributed by atoms with Crippen molar-refractivity contribution in [1.29, 1.82) is 0 Å². The number of hydrogen-bond donors (Lipinski definition) is 2. The number of ether oxygens (including phenoxy) is 1. The molecular formula is C23H26ClFN4O3. The molecule has 32 heavy (non-hydrogen) atoms.